The van der Waals surface area contributed by atoms with E-state index >= 15 is 0 Å². The minimum atomic E-state index is -3.72. The van der Waals surface area contributed by atoms with Gasteiger partial charge in [-0.15, -0.1) is 11.3 Å². The number of thiazole rings is 1. The average molecular weight is 423 g/mol. The van der Waals surface area contributed by atoms with Crippen molar-refractivity contribution in [2.45, 2.75) is 4.90 Å². The monoisotopic (exact) mass is 423 g/mol. The first kappa shape index (κ1) is 18.7. The van der Waals surface area contributed by atoms with Gasteiger partial charge in [-0.2, -0.15) is 5.26 Å². The van der Waals surface area contributed by atoms with Crippen LogP contribution in [0, 0.1) is 11.3 Å². The van der Waals surface area contributed by atoms with Crippen LogP contribution in [-0.2, 0) is 10.0 Å². The Hall–Kier alpha value is -3.68. The number of hydrogen-bond acceptors (Lipinski definition) is 8. The fourth-order valence-corrected chi connectivity index (χ4v) is 4.25. The highest BCUT2D eigenvalue weighted by Gasteiger charge is 2.15. The van der Waals surface area contributed by atoms with Crippen molar-refractivity contribution in [2.75, 3.05) is 10.0 Å². The van der Waals surface area contributed by atoms with Crippen molar-refractivity contribution in [3.05, 3.63) is 72.2 Å². The van der Waals surface area contributed by atoms with Crippen LogP contribution in [0.25, 0.3) is 16.7 Å². The third-order valence-corrected chi connectivity index (χ3v) is 6.02. The molecule has 0 bridgehead atoms. The molecule has 8 nitrogen and oxygen atoms in total. The van der Waals surface area contributed by atoms with E-state index in [2.05, 4.69) is 20.0 Å². The number of nitriles is 1. The summed E-state index contributed by atoms with van der Waals surface area (Å²) in [4.78, 5) is 8.30. The standard InChI is InChI=1S/C19H13N5O3S2/c20-11-13(18-23-16-3-1-2-4-17(16)27-18)12-22-14-5-7-15(8-6-14)29(25,26)24-19-21-9-10-28-19/h1-10,12,22H,(H,21,24)/b13-12-. The number of anilines is 2. The Kier molecular flexibility index (Phi) is 4.99. The fourth-order valence-electron chi connectivity index (χ4n) is 2.46. The molecule has 2 heterocycles. The molecule has 0 aliphatic heterocycles. The minimum absolute atomic E-state index is 0.0988. The lowest BCUT2D eigenvalue weighted by molar-refractivity contribution is 0.586. The molecule has 0 unspecified atom stereocenters. The van der Waals surface area contributed by atoms with Crippen molar-refractivity contribution in [1.82, 2.24) is 9.97 Å². The van der Waals surface area contributed by atoms with Gasteiger partial charge in [-0.25, -0.2) is 18.4 Å². The van der Waals surface area contributed by atoms with E-state index in [9.17, 15) is 13.7 Å². The van der Waals surface area contributed by atoms with Gasteiger partial charge in [0, 0.05) is 23.5 Å². The Morgan fingerprint density at radius 1 is 1.17 bits per heavy atom. The molecule has 4 aromatic rings. The van der Waals surface area contributed by atoms with Crippen LogP contribution in [0.1, 0.15) is 5.89 Å². The number of benzene rings is 2. The number of para-hydroxylation sites is 2. The maximum atomic E-state index is 12.4. The molecule has 2 N–H and O–H groups in total. The maximum Gasteiger partial charge on any atom is 0.263 e. The number of nitrogens with zero attached hydrogens (tertiary/aromatic N) is 3. The fraction of sp³-hybridized carbons (Fsp3) is 0. The average Bonchev–Trinajstić information content (AvgIpc) is 3.38. The van der Waals surface area contributed by atoms with Gasteiger partial charge in [-0.1, -0.05) is 12.1 Å². The van der Waals surface area contributed by atoms with E-state index in [0.717, 1.165) is 0 Å². The highest BCUT2D eigenvalue weighted by Crippen LogP contribution is 2.22. The zero-order chi connectivity index (χ0) is 20.3. The quantitative estimate of drug-likeness (QED) is 0.449. The van der Waals surface area contributed by atoms with Crippen molar-refractivity contribution < 1.29 is 12.8 Å². The third kappa shape index (κ3) is 4.11. The number of aromatic nitrogens is 2. The van der Waals surface area contributed by atoms with E-state index in [1.807, 2.05) is 18.2 Å². The summed E-state index contributed by atoms with van der Waals surface area (Å²) < 4.78 is 32.7. The molecular weight excluding hydrogens is 410 g/mol. The van der Waals surface area contributed by atoms with Gasteiger partial charge in [0.15, 0.2) is 10.7 Å². The molecule has 10 heteroatoms. The molecule has 4 rings (SSSR count). The van der Waals surface area contributed by atoms with Gasteiger partial charge < -0.3 is 9.73 Å². The summed E-state index contributed by atoms with van der Waals surface area (Å²) in [6, 6.07) is 15.4. The topological polar surface area (TPSA) is 121 Å². The zero-order valence-corrected chi connectivity index (χ0v) is 16.4. The van der Waals surface area contributed by atoms with E-state index < -0.39 is 10.0 Å². The molecule has 0 aliphatic carbocycles. The number of fused-ring (bicyclic) bond motifs is 1. The molecule has 0 fully saturated rings. The molecule has 29 heavy (non-hydrogen) atoms. The smallest absolute Gasteiger partial charge is 0.263 e. The molecule has 0 amide bonds. The summed E-state index contributed by atoms with van der Waals surface area (Å²) in [6.45, 7) is 0. The highest BCUT2D eigenvalue weighted by atomic mass is 32.2. The van der Waals surface area contributed by atoms with Gasteiger partial charge in [-0.3, -0.25) is 4.72 Å². The first-order valence-electron chi connectivity index (χ1n) is 8.30. The molecule has 2 aromatic carbocycles. The molecule has 0 saturated heterocycles. The van der Waals surface area contributed by atoms with Crippen LogP contribution >= 0.6 is 11.3 Å². The first-order valence-corrected chi connectivity index (χ1v) is 10.7. The van der Waals surface area contributed by atoms with Crippen molar-refractivity contribution >= 4 is 48.9 Å². The van der Waals surface area contributed by atoms with Crippen LogP contribution in [0.5, 0.6) is 0 Å². The van der Waals surface area contributed by atoms with Crippen LogP contribution in [0.3, 0.4) is 0 Å². The van der Waals surface area contributed by atoms with E-state index in [-0.39, 0.29) is 16.4 Å². The molecule has 0 aliphatic rings. The molecule has 144 valence electrons. The van der Waals surface area contributed by atoms with E-state index in [4.69, 9.17) is 4.42 Å². The van der Waals surface area contributed by atoms with Crippen molar-refractivity contribution in [3.63, 3.8) is 0 Å². The number of oxazole rings is 1. The molecule has 2 aromatic heterocycles. The Morgan fingerprint density at radius 3 is 2.66 bits per heavy atom. The number of sulfonamides is 1. The lowest BCUT2D eigenvalue weighted by Gasteiger charge is -2.06. The predicted molar refractivity (Wildman–Crippen MR) is 111 cm³/mol. The minimum Gasteiger partial charge on any atom is -0.435 e. The largest absolute Gasteiger partial charge is 0.435 e. The summed E-state index contributed by atoms with van der Waals surface area (Å²) in [7, 11) is -3.72. The van der Waals surface area contributed by atoms with E-state index in [1.54, 1.807) is 29.6 Å². The SMILES string of the molecule is N#C/C(=C/Nc1ccc(S(=O)(=O)Nc2nccs2)cc1)c1nc2ccccc2o1. The van der Waals surface area contributed by atoms with Gasteiger partial charge in [-0.05, 0) is 36.4 Å². The first-order chi connectivity index (χ1) is 14.0. The summed E-state index contributed by atoms with van der Waals surface area (Å²) in [5.74, 6) is 0.202. The van der Waals surface area contributed by atoms with Gasteiger partial charge in [0.2, 0.25) is 5.89 Å². The van der Waals surface area contributed by atoms with E-state index in [1.165, 1.54) is 35.9 Å². The highest BCUT2D eigenvalue weighted by molar-refractivity contribution is 7.93. The molecule has 0 atom stereocenters. The Morgan fingerprint density at radius 2 is 1.97 bits per heavy atom. The summed E-state index contributed by atoms with van der Waals surface area (Å²) in [6.07, 6.45) is 2.98. The summed E-state index contributed by atoms with van der Waals surface area (Å²) in [5.41, 5.74) is 2.06. The second-order valence-corrected chi connectivity index (χ2v) is 8.34. The summed E-state index contributed by atoms with van der Waals surface area (Å²) >= 11 is 1.19. The Bertz CT molecular complexity index is 1290. The molecule has 0 radical (unpaired) electrons. The van der Waals surface area contributed by atoms with Crippen molar-refractivity contribution in [2.24, 2.45) is 0 Å². The van der Waals surface area contributed by atoms with Crippen LogP contribution in [0.4, 0.5) is 10.8 Å². The third-order valence-electron chi connectivity index (χ3n) is 3.85. The van der Waals surface area contributed by atoms with Crippen molar-refractivity contribution in [3.8, 4) is 6.07 Å². The number of hydrogen-bond donors (Lipinski definition) is 2. The lowest BCUT2D eigenvalue weighted by atomic mass is 10.3. The Labute approximate surface area is 170 Å². The second-order valence-electron chi connectivity index (χ2n) is 5.77. The van der Waals surface area contributed by atoms with Gasteiger partial charge in [0.1, 0.15) is 17.2 Å². The maximum absolute atomic E-state index is 12.4. The lowest BCUT2D eigenvalue weighted by Crippen LogP contribution is -2.12. The van der Waals surface area contributed by atoms with Gasteiger partial charge in [0.25, 0.3) is 10.0 Å². The van der Waals surface area contributed by atoms with Crippen LogP contribution < -0.4 is 10.0 Å². The number of nitrogens with one attached hydrogen (secondary N) is 2. The van der Waals surface area contributed by atoms with Crippen molar-refractivity contribution in [1.29, 1.82) is 5.26 Å². The van der Waals surface area contributed by atoms with Crippen LogP contribution in [0.15, 0.2) is 75.6 Å². The predicted octanol–water partition coefficient (Wildman–Crippen LogP) is 4.06. The van der Waals surface area contributed by atoms with Crippen LogP contribution in [-0.4, -0.2) is 18.4 Å². The Balaban J connectivity index is 1.51. The zero-order valence-electron chi connectivity index (χ0n) is 14.7. The van der Waals surface area contributed by atoms with E-state index in [0.29, 0.717) is 21.9 Å². The summed E-state index contributed by atoms with van der Waals surface area (Å²) in [5, 5.41) is 14.3. The van der Waals surface area contributed by atoms with Gasteiger partial charge >= 0.3 is 0 Å². The molecule has 0 saturated carbocycles. The number of allylic oxidation sites excluding steroid dienone is 1. The molecular formula is C19H13N5O3S2. The number of rotatable bonds is 6. The second kappa shape index (κ2) is 7.75. The normalized spacial score (nSPS) is 11.9. The van der Waals surface area contributed by atoms with Gasteiger partial charge in [0.05, 0.1) is 4.90 Å². The molecule has 0 spiro atoms. The van der Waals surface area contributed by atoms with Crippen LogP contribution in [0.2, 0.25) is 0 Å².